The molecule has 32 heavy (non-hydrogen) atoms. The molecule has 6 rings (SSSR count). The van der Waals surface area contributed by atoms with Gasteiger partial charge in [0.25, 0.3) is 6.43 Å². The average molecular weight is 457 g/mol. The fourth-order valence-electron chi connectivity index (χ4n) is 5.85. The van der Waals surface area contributed by atoms with Crippen molar-refractivity contribution < 1.29 is 26.7 Å². The van der Waals surface area contributed by atoms with Crippen molar-refractivity contribution in [2.75, 3.05) is 12.3 Å². The lowest BCUT2D eigenvalue weighted by Crippen LogP contribution is -2.33. The minimum Gasteiger partial charge on any atom is -0.402 e. The number of halogens is 5. The van der Waals surface area contributed by atoms with Gasteiger partial charge in [-0.1, -0.05) is 6.92 Å². The summed E-state index contributed by atoms with van der Waals surface area (Å²) in [5.74, 6) is 0.260. The Kier molecular flexibility index (Phi) is 4.71. The summed E-state index contributed by atoms with van der Waals surface area (Å²) in [4.78, 5) is 3.85. The summed E-state index contributed by atoms with van der Waals surface area (Å²) >= 11 is 0. The minimum absolute atomic E-state index is 0.0627. The zero-order valence-electron chi connectivity index (χ0n) is 17.5. The smallest absolute Gasteiger partial charge is 0.402 e. The van der Waals surface area contributed by atoms with Gasteiger partial charge in [0.15, 0.2) is 11.6 Å². The Morgan fingerprint density at radius 2 is 2.06 bits per heavy atom. The first-order valence-corrected chi connectivity index (χ1v) is 10.7. The Bertz CT molecular complexity index is 1030. The van der Waals surface area contributed by atoms with E-state index in [1.807, 2.05) is 24.6 Å². The molecule has 0 saturated heterocycles. The van der Waals surface area contributed by atoms with Gasteiger partial charge in [-0.3, -0.25) is 4.68 Å². The van der Waals surface area contributed by atoms with Crippen LogP contribution in [-0.2, 0) is 5.41 Å². The van der Waals surface area contributed by atoms with Gasteiger partial charge in [0, 0.05) is 35.0 Å². The summed E-state index contributed by atoms with van der Waals surface area (Å²) in [7, 11) is 0. The molecule has 6 unspecified atom stereocenters. The van der Waals surface area contributed by atoms with Crippen LogP contribution in [0.4, 0.5) is 27.8 Å². The van der Waals surface area contributed by atoms with E-state index in [1.54, 1.807) is 0 Å². The quantitative estimate of drug-likeness (QED) is 0.583. The number of nitrogens with one attached hydrogen (secondary N) is 1. The topological polar surface area (TPSA) is 78.0 Å². The summed E-state index contributed by atoms with van der Waals surface area (Å²) in [5, 5.41) is 7.70. The molecule has 2 bridgehead atoms. The molecular formula is C21H24F5N5O. The second-order valence-corrected chi connectivity index (χ2v) is 9.00. The molecule has 2 aromatic rings. The molecule has 2 aromatic heterocycles. The third kappa shape index (κ3) is 3.15. The Morgan fingerprint density at radius 1 is 1.31 bits per heavy atom. The second-order valence-electron chi connectivity index (χ2n) is 9.00. The van der Waals surface area contributed by atoms with E-state index in [-0.39, 0.29) is 29.9 Å². The van der Waals surface area contributed by atoms with Crippen LogP contribution >= 0.6 is 0 Å². The third-order valence-corrected chi connectivity index (χ3v) is 7.39. The first-order chi connectivity index (χ1) is 15.1. The molecule has 0 amide bonds. The standard InChI is InChI=1S/C21H24F5N5O/c1-3-9(2)31-15(20-11-5-13(18(20)17(11)20)28-8-16(22)23)6-12(30-31)10-4-14(19(27)29-7-10)32-21(24,25)26/h4,6-7,9,11,13,16-18,28H,3,5,8H2,1-2H3,(H2,27,29). The van der Waals surface area contributed by atoms with E-state index in [1.165, 1.54) is 12.3 Å². The number of anilines is 1. The van der Waals surface area contributed by atoms with Crippen molar-refractivity contribution in [1.29, 1.82) is 0 Å². The molecule has 174 valence electrons. The number of nitrogen functional groups attached to an aromatic ring is 1. The molecule has 4 aliphatic carbocycles. The van der Waals surface area contributed by atoms with Gasteiger partial charge < -0.3 is 15.8 Å². The third-order valence-electron chi connectivity index (χ3n) is 7.39. The predicted octanol–water partition coefficient (Wildman–Crippen LogP) is 4.14. The van der Waals surface area contributed by atoms with Gasteiger partial charge in [-0.25, -0.2) is 13.8 Å². The van der Waals surface area contributed by atoms with E-state index in [0.29, 0.717) is 29.0 Å². The summed E-state index contributed by atoms with van der Waals surface area (Å²) in [6, 6.07) is 3.24. The van der Waals surface area contributed by atoms with Crippen molar-refractivity contribution in [3.05, 3.63) is 24.0 Å². The number of nitrogens with zero attached hydrogens (tertiary/aromatic N) is 3. The minimum atomic E-state index is -4.89. The largest absolute Gasteiger partial charge is 0.573 e. The molecule has 4 aliphatic rings. The van der Waals surface area contributed by atoms with Crippen molar-refractivity contribution in [2.45, 2.75) is 57.0 Å². The Hall–Kier alpha value is -2.43. The van der Waals surface area contributed by atoms with Crippen LogP contribution in [0, 0.1) is 17.8 Å². The Balaban J connectivity index is 1.46. The SMILES string of the molecule is CCC(C)n1nc(-c2cnc(N)c(OC(F)(F)F)c2)cc1C12C3CC(NCC(F)F)C1C32. The first-order valence-electron chi connectivity index (χ1n) is 10.7. The number of rotatable bonds is 8. The van der Waals surface area contributed by atoms with Gasteiger partial charge in [0.1, 0.15) is 0 Å². The normalized spacial score (nSPS) is 31.0. The zero-order chi connectivity index (χ0) is 23.0. The molecule has 2 heterocycles. The molecule has 0 aliphatic heterocycles. The van der Waals surface area contributed by atoms with Crippen LogP contribution < -0.4 is 15.8 Å². The lowest BCUT2D eigenvalue weighted by atomic mass is 10.00. The van der Waals surface area contributed by atoms with Crippen LogP contribution in [-0.4, -0.2) is 40.1 Å². The number of aromatic nitrogens is 3. The summed E-state index contributed by atoms with van der Waals surface area (Å²) < 4.78 is 69.4. The number of hydrogen-bond donors (Lipinski definition) is 2. The van der Waals surface area contributed by atoms with Crippen molar-refractivity contribution in [2.24, 2.45) is 17.8 Å². The van der Waals surface area contributed by atoms with Crippen LogP contribution in [0.3, 0.4) is 0 Å². The number of nitrogens with two attached hydrogens (primary N) is 1. The molecule has 11 heteroatoms. The molecule has 6 nitrogen and oxygen atoms in total. The monoisotopic (exact) mass is 457 g/mol. The number of fused-ring (bicyclic) bond motifs is 1. The Labute approximate surface area is 181 Å². The van der Waals surface area contributed by atoms with Crippen molar-refractivity contribution in [3.8, 4) is 17.0 Å². The van der Waals surface area contributed by atoms with Crippen LogP contribution in [0.25, 0.3) is 11.3 Å². The van der Waals surface area contributed by atoms with E-state index in [2.05, 4.69) is 15.0 Å². The average Bonchev–Trinajstić information content (AvgIpc) is 3.30. The molecule has 3 N–H and O–H groups in total. The zero-order valence-corrected chi connectivity index (χ0v) is 17.5. The molecule has 4 saturated carbocycles. The van der Waals surface area contributed by atoms with Gasteiger partial charge in [0.2, 0.25) is 0 Å². The maximum Gasteiger partial charge on any atom is 0.573 e. The maximum absolute atomic E-state index is 12.7. The fourth-order valence-corrected chi connectivity index (χ4v) is 5.85. The summed E-state index contributed by atoms with van der Waals surface area (Å²) in [6.07, 6.45) is -4.22. The van der Waals surface area contributed by atoms with E-state index >= 15 is 0 Å². The maximum atomic E-state index is 12.7. The van der Waals surface area contributed by atoms with E-state index < -0.39 is 18.5 Å². The van der Waals surface area contributed by atoms with Crippen molar-refractivity contribution in [1.82, 2.24) is 20.1 Å². The fraction of sp³-hybridized carbons (Fsp3) is 0.619. The first kappa shape index (κ1) is 21.4. The number of alkyl halides is 5. The lowest BCUT2D eigenvalue weighted by Gasteiger charge is -2.18. The molecule has 0 aromatic carbocycles. The van der Waals surface area contributed by atoms with Crippen LogP contribution in [0.15, 0.2) is 18.3 Å². The highest BCUT2D eigenvalue weighted by molar-refractivity contribution is 5.66. The van der Waals surface area contributed by atoms with Gasteiger partial charge in [0.05, 0.1) is 12.2 Å². The summed E-state index contributed by atoms with van der Waals surface area (Å²) in [6.45, 7) is 3.75. The van der Waals surface area contributed by atoms with E-state index in [9.17, 15) is 22.0 Å². The molecule has 6 atom stereocenters. The molecule has 0 spiro atoms. The van der Waals surface area contributed by atoms with Gasteiger partial charge >= 0.3 is 6.36 Å². The van der Waals surface area contributed by atoms with Crippen molar-refractivity contribution >= 4 is 5.82 Å². The highest BCUT2D eigenvalue weighted by Crippen LogP contribution is 2.90. The lowest BCUT2D eigenvalue weighted by molar-refractivity contribution is -0.274. The number of hydrogen-bond acceptors (Lipinski definition) is 5. The van der Waals surface area contributed by atoms with Crippen LogP contribution in [0.2, 0.25) is 0 Å². The van der Waals surface area contributed by atoms with Crippen molar-refractivity contribution in [3.63, 3.8) is 0 Å². The second kappa shape index (κ2) is 7.03. The highest BCUT2D eigenvalue weighted by Gasteiger charge is 2.93. The molecular weight excluding hydrogens is 433 g/mol. The number of pyridine rings is 1. The summed E-state index contributed by atoms with van der Waals surface area (Å²) in [5.41, 5.74) is 7.37. The highest BCUT2D eigenvalue weighted by atomic mass is 19.4. The van der Waals surface area contributed by atoms with Gasteiger partial charge in [-0.15, -0.1) is 13.2 Å². The Morgan fingerprint density at radius 3 is 2.69 bits per heavy atom. The van der Waals surface area contributed by atoms with E-state index in [4.69, 9.17) is 10.8 Å². The van der Waals surface area contributed by atoms with Gasteiger partial charge in [-0.05, 0) is 49.7 Å². The molecule has 4 fully saturated rings. The van der Waals surface area contributed by atoms with E-state index in [0.717, 1.165) is 18.5 Å². The van der Waals surface area contributed by atoms with Crippen LogP contribution in [0.1, 0.15) is 38.4 Å². The van der Waals surface area contributed by atoms with Crippen LogP contribution in [0.5, 0.6) is 5.75 Å². The van der Waals surface area contributed by atoms with Gasteiger partial charge in [-0.2, -0.15) is 5.10 Å². The predicted molar refractivity (Wildman–Crippen MR) is 106 cm³/mol. The number of ether oxygens (including phenoxy) is 1. The molecule has 0 radical (unpaired) electrons.